The minimum atomic E-state index is -0.0571. The molecule has 0 aromatic carbocycles. The maximum absolute atomic E-state index is 9.89. The number of nitrogens with zero attached hydrogens (tertiary/aromatic N) is 1. The van der Waals surface area contributed by atoms with Crippen molar-refractivity contribution in [2.75, 3.05) is 7.05 Å². The molecule has 2 saturated carbocycles. The predicted octanol–water partition coefficient (Wildman–Crippen LogP) is 3.05. The largest absolute Gasteiger partial charge is 0.393 e. The van der Waals surface area contributed by atoms with Crippen molar-refractivity contribution < 1.29 is 5.11 Å². The second kappa shape index (κ2) is 4.89. The lowest BCUT2D eigenvalue weighted by molar-refractivity contribution is -0.0341. The lowest BCUT2D eigenvalue weighted by Crippen LogP contribution is -2.54. The van der Waals surface area contributed by atoms with Gasteiger partial charge in [-0.05, 0) is 50.5 Å². The quantitative estimate of drug-likeness (QED) is 0.818. The molecule has 3 unspecified atom stereocenters. The predicted molar refractivity (Wildman–Crippen MR) is 72.0 cm³/mol. The molecule has 0 heterocycles. The van der Waals surface area contributed by atoms with Crippen LogP contribution >= 0.6 is 0 Å². The molecule has 0 aliphatic heterocycles. The fraction of sp³-hybridized carbons (Fsp3) is 1.00. The van der Waals surface area contributed by atoms with Gasteiger partial charge in [0, 0.05) is 12.1 Å². The van der Waals surface area contributed by atoms with Gasteiger partial charge in [0.1, 0.15) is 0 Å². The van der Waals surface area contributed by atoms with Crippen molar-refractivity contribution in [1.82, 2.24) is 4.90 Å². The van der Waals surface area contributed by atoms with Crippen LogP contribution in [0.5, 0.6) is 0 Å². The fourth-order valence-electron chi connectivity index (χ4n) is 3.94. The Balaban J connectivity index is 1.94. The average Bonchev–Trinajstić information content (AvgIpc) is 2.24. The fourth-order valence-corrected chi connectivity index (χ4v) is 3.94. The Bertz CT molecular complexity index is 256. The van der Waals surface area contributed by atoms with Gasteiger partial charge in [-0.2, -0.15) is 0 Å². The molecule has 0 amide bonds. The highest BCUT2D eigenvalue weighted by Gasteiger charge is 2.42. The Morgan fingerprint density at radius 1 is 1.24 bits per heavy atom. The third kappa shape index (κ3) is 2.85. The Morgan fingerprint density at radius 3 is 2.41 bits per heavy atom. The zero-order valence-corrected chi connectivity index (χ0v) is 11.9. The van der Waals surface area contributed by atoms with E-state index in [4.69, 9.17) is 0 Å². The molecule has 3 atom stereocenters. The summed E-state index contributed by atoms with van der Waals surface area (Å²) in [6.45, 7) is 7.03. The molecule has 0 aromatic heterocycles. The molecule has 0 bridgehead atoms. The van der Waals surface area contributed by atoms with E-state index in [0.29, 0.717) is 11.5 Å². The van der Waals surface area contributed by atoms with Crippen LogP contribution in [0.4, 0.5) is 0 Å². The summed E-state index contributed by atoms with van der Waals surface area (Å²) < 4.78 is 0. The Hall–Kier alpha value is -0.0800. The van der Waals surface area contributed by atoms with E-state index in [-0.39, 0.29) is 6.10 Å². The van der Waals surface area contributed by atoms with Crippen molar-refractivity contribution in [2.45, 2.75) is 77.5 Å². The maximum Gasteiger partial charge on any atom is 0.0555 e. The summed E-state index contributed by atoms with van der Waals surface area (Å²) in [7, 11) is 2.28. The van der Waals surface area contributed by atoms with Crippen molar-refractivity contribution in [3.63, 3.8) is 0 Å². The summed E-state index contributed by atoms with van der Waals surface area (Å²) >= 11 is 0. The summed E-state index contributed by atoms with van der Waals surface area (Å²) in [6, 6.07) is 1.37. The van der Waals surface area contributed by atoms with Crippen molar-refractivity contribution >= 4 is 0 Å². The highest BCUT2D eigenvalue weighted by atomic mass is 16.3. The summed E-state index contributed by atoms with van der Waals surface area (Å²) in [5, 5.41) is 9.89. The van der Waals surface area contributed by atoms with Crippen LogP contribution in [0.1, 0.15) is 59.3 Å². The average molecular weight is 239 g/mol. The summed E-state index contributed by atoms with van der Waals surface area (Å²) in [6.07, 6.45) is 7.07. The molecular weight excluding hydrogens is 210 g/mol. The molecule has 1 N–H and O–H groups in total. The van der Waals surface area contributed by atoms with E-state index in [0.717, 1.165) is 24.8 Å². The second-order valence-electron chi connectivity index (χ2n) is 7.09. The van der Waals surface area contributed by atoms with Gasteiger partial charge in [-0.15, -0.1) is 0 Å². The molecule has 0 saturated heterocycles. The summed E-state index contributed by atoms with van der Waals surface area (Å²) in [5.74, 6) is 0.798. The van der Waals surface area contributed by atoms with Gasteiger partial charge in [0.15, 0.2) is 0 Å². The molecule has 0 spiro atoms. The van der Waals surface area contributed by atoms with E-state index in [1.807, 2.05) is 0 Å². The molecule has 2 aliphatic rings. The first-order valence-corrected chi connectivity index (χ1v) is 7.33. The van der Waals surface area contributed by atoms with Gasteiger partial charge in [-0.3, -0.25) is 0 Å². The number of aliphatic hydroxyl groups excluding tert-OH is 1. The SMILES string of the molecule is CCC1CCC(O)CC1N(C)C1CC(C)(C)C1. The highest BCUT2D eigenvalue weighted by molar-refractivity contribution is 4.96. The van der Waals surface area contributed by atoms with Gasteiger partial charge in [0.05, 0.1) is 6.10 Å². The molecule has 0 radical (unpaired) electrons. The Kier molecular flexibility index (Phi) is 3.84. The van der Waals surface area contributed by atoms with Crippen LogP contribution in [0.15, 0.2) is 0 Å². The Labute approximate surface area is 106 Å². The van der Waals surface area contributed by atoms with E-state index in [1.165, 1.54) is 25.7 Å². The van der Waals surface area contributed by atoms with Crippen molar-refractivity contribution in [3.8, 4) is 0 Å². The zero-order chi connectivity index (χ0) is 12.6. The van der Waals surface area contributed by atoms with E-state index in [1.54, 1.807) is 0 Å². The van der Waals surface area contributed by atoms with Gasteiger partial charge in [0.2, 0.25) is 0 Å². The van der Waals surface area contributed by atoms with Crippen LogP contribution in [0.25, 0.3) is 0 Å². The van der Waals surface area contributed by atoms with Gasteiger partial charge in [0.25, 0.3) is 0 Å². The molecule has 2 rings (SSSR count). The molecule has 100 valence electrons. The number of rotatable bonds is 3. The minimum absolute atomic E-state index is 0.0571. The van der Waals surface area contributed by atoms with Crippen molar-refractivity contribution in [1.29, 1.82) is 0 Å². The van der Waals surface area contributed by atoms with Gasteiger partial charge >= 0.3 is 0 Å². The molecular formula is C15H29NO. The highest BCUT2D eigenvalue weighted by Crippen LogP contribution is 2.44. The lowest BCUT2D eigenvalue weighted by Gasteiger charge is -2.52. The van der Waals surface area contributed by atoms with Crippen LogP contribution in [0, 0.1) is 11.3 Å². The first-order chi connectivity index (χ1) is 7.93. The van der Waals surface area contributed by atoms with Crippen molar-refractivity contribution in [2.24, 2.45) is 11.3 Å². The third-order valence-electron chi connectivity index (χ3n) is 5.13. The first kappa shape index (κ1) is 13.4. The van der Waals surface area contributed by atoms with Crippen LogP contribution in [0.2, 0.25) is 0 Å². The lowest BCUT2D eigenvalue weighted by atomic mass is 9.67. The van der Waals surface area contributed by atoms with E-state index < -0.39 is 0 Å². The second-order valence-corrected chi connectivity index (χ2v) is 7.09. The van der Waals surface area contributed by atoms with Crippen LogP contribution in [0.3, 0.4) is 0 Å². The number of aliphatic hydroxyl groups is 1. The van der Waals surface area contributed by atoms with Gasteiger partial charge < -0.3 is 10.0 Å². The van der Waals surface area contributed by atoms with Crippen LogP contribution < -0.4 is 0 Å². The summed E-state index contributed by atoms with van der Waals surface area (Å²) in [4.78, 5) is 2.59. The smallest absolute Gasteiger partial charge is 0.0555 e. The standard InChI is InChI=1S/C15H29NO/c1-5-11-6-7-13(17)8-14(11)16(4)12-9-15(2,3)10-12/h11-14,17H,5-10H2,1-4H3. The molecule has 17 heavy (non-hydrogen) atoms. The van der Waals surface area contributed by atoms with Crippen LogP contribution in [-0.2, 0) is 0 Å². The third-order valence-corrected chi connectivity index (χ3v) is 5.13. The summed E-state index contributed by atoms with van der Waals surface area (Å²) in [5.41, 5.74) is 0.550. The Morgan fingerprint density at radius 2 is 1.88 bits per heavy atom. The molecule has 2 fully saturated rings. The van der Waals surface area contributed by atoms with Crippen molar-refractivity contribution in [3.05, 3.63) is 0 Å². The first-order valence-electron chi connectivity index (χ1n) is 7.33. The van der Waals surface area contributed by atoms with Gasteiger partial charge in [-0.25, -0.2) is 0 Å². The number of hydrogen-bond acceptors (Lipinski definition) is 2. The number of hydrogen-bond donors (Lipinski definition) is 1. The molecule has 2 heteroatoms. The minimum Gasteiger partial charge on any atom is -0.393 e. The molecule has 2 nitrogen and oxygen atoms in total. The zero-order valence-electron chi connectivity index (χ0n) is 11.9. The van der Waals surface area contributed by atoms with E-state index >= 15 is 0 Å². The van der Waals surface area contributed by atoms with Crippen LogP contribution in [-0.4, -0.2) is 35.2 Å². The monoisotopic (exact) mass is 239 g/mol. The normalized spacial score (nSPS) is 38.1. The molecule has 0 aromatic rings. The van der Waals surface area contributed by atoms with Gasteiger partial charge in [-0.1, -0.05) is 27.2 Å². The molecule has 2 aliphatic carbocycles. The van der Waals surface area contributed by atoms with E-state index in [2.05, 4.69) is 32.7 Å². The maximum atomic E-state index is 9.89. The van der Waals surface area contributed by atoms with E-state index in [9.17, 15) is 5.11 Å². The topological polar surface area (TPSA) is 23.5 Å².